The van der Waals surface area contributed by atoms with Gasteiger partial charge in [-0.25, -0.2) is 4.79 Å². The predicted octanol–water partition coefficient (Wildman–Crippen LogP) is 5.80. The molecule has 0 fully saturated rings. The zero-order chi connectivity index (χ0) is 29.6. The van der Waals surface area contributed by atoms with Crippen molar-refractivity contribution < 1.29 is 28.9 Å². The summed E-state index contributed by atoms with van der Waals surface area (Å²) < 4.78 is 16.8. The second kappa shape index (κ2) is 16.1. The zero-order valence-corrected chi connectivity index (χ0v) is 24.7. The lowest BCUT2D eigenvalue weighted by atomic mass is 9.75. The number of esters is 2. The van der Waals surface area contributed by atoms with E-state index in [4.69, 9.17) is 14.2 Å². The van der Waals surface area contributed by atoms with Crippen molar-refractivity contribution in [2.75, 3.05) is 13.7 Å². The van der Waals surface area contributed by atoms with Gasteiger partial charge < -0.3 is 19.3 Å². The molecule has 3 unspecified atom stereocenters. The Morgan fingerprint density at radius 1 is 1.12 bits per heavy atom. The van der Waals surface area contributed by atoms with E-state index >= 15 is 0 Å². The molecule has 0 radical (unpaired) electrons. The van der Waals surface area contributed by atoms with Crippen LogP contribution >= 0.6 is 0 Å². The molecule has 1 heterocycles. The standard InChI is InChI=1S/C29H42O6.C2H3N3/c1-7-9-13-21(8-2)20-34-26(30)17-16-22-18-24(28(3,4)5)29(32,33-6)25(19-22)35-27(31)23-14-11-10-12-15-23;1-2-4-5-3-1/h10-12,14-15,18-19,21,25,32H,7-9,13,16-17,20H2,1-6H3;1-2H,(H,3,4,5). The van der Waals surface area contributed by atoms with Gasteiger partial charge >= 0.3 is 11.9 Å². The van der Waals surface area contributed by atoms with Crippen LogP contribution in [0.4, 0.5) is 0 Å². The molecule has 0 spiro atoms. The molecule has 0 saturated carbocycles. The molecule has 3 rings (SSSR count). The van der Waals surface area contributed by atoms with Gasteiger partial charge in [-0.15, -0.1) is 0 Å². The van der Waals surface area contributed by atoms with E-state index in [1.54, 1.807) is 42.7 Å². The van der Waals surface area contributed by atoms with Crippen LogP contribution in [0.5, 0.6) is 0 Å². The number of aromatic amines is 1. The van der Waals surface area contributed by atoms with Crippen molar-refractivity contribution in [2.45, 2.75) is 85.0 Å². The summed E-state index contributed by atoms with van der Waals surface area (Å²) in [5, 5.41) is 20.8. The first-order chi connectivity index (χ1) is 19.0. The Balaban J connectivity index is 0.00000100. The number of methoxy groups -OCH3 is 1. The number of aromatic nitrogens is 3. The number of ether oxygens (including phenoxy) is 3. The fourth-order valence-electron chi connectivity index (χ4n) is 4.40. The summed E-state index contributed by atoms with van der Waals surface area (Å²) in [4.78, 5) is 25.2. The van der Waals surface area contributed by atoms with Crippen molar-refractivity contribution >= 4 is 11.9 Å². The van der Waals surface area contributed by atoms with Crippen LogP contribution in [0.2, 0.25) is 0 Å². The second-order valence-electron chi connectivity index (χ2n) is 10.9. The van der Waals surface area contributed by atoms with Gasteiger partial charge in [0.25, 0.3) is 0 Å². The highest BCUT2D eigenvalue weighted by atomic mass is 16.7. The minimum atomic E-state index is -1.82. The molecule has 220 valence electrons. The number of hydrogen-bond acceptors (Lipinski definition) is 8. The average Bonchev–Trinajstić information content (AvgIpc) is 3.54. The molecule has 1 aromatic carbocycles. The van der Waals surface area contributed by atoms with Crippen LogP contribution in [-0.4, -0.2) is 58.1 Å². The number of H-pyrrole nitrogens is 1. The van der Waals surface area contributed by atoms with Gasteiger partial charge in [-0.2, -0.15) is 15.4 Å². The van der Waals surface area contributed by atoms with Gasteiger partial charge in [-0.05, 0) is 53.5 Å². The summed E-state index contributed by atoms with van der Waals surface area (Å²) >= 11 is 0. The Labute approximate surface area is 238 Å². The van der Waals surface area contributed by atoms with Crippen LogP contribution in [0.1, 0.15) is 83.5 Å². The van der Waals surface area contributed by atoms with Crippen molar-refractivity contribution in [1.29, 1.82) is 0 Å². The Morgan fingerprint density at radius 2 is 1.80 bits per heavy atom. The third-order valence-electron chi connectivity index (χ3n) is 6.80. The maximum atomic E-state index is 12.8. The van der Waals surface area contributed by atoms with Gasteiger partial charge in [0.2, 0.25) is 5.79 Å². The Morgan fingerprint density at radius 3 is 2.33 bits per heavy atom. The van der Waals surface area contributed by atoms with Crippen molar-refractivity contribution in [3.05, 3.63) is 71.6 Å². The first kappa shape index (κ1) is 32.9. The van der Waals surface area contributed by atoms with E-state index in [0.717, 1.165) is 31.3 Å². The lowest BCUT2D eigenvalue weighted by Gasteiger charge is -2.42. The number of aliphatic hydroxyl groups is 1. The summed E-state index contributed by atoms with van der Waals surface area (Å²) in [6, 6.07) is 8.62. The SMILES string of the molecule is CCCCC(CC)COC(=O)CCC1=CC(OC(=O)c2ccccc2)C(O)(OC)C(C(C)(C)C)=C1.c1cn[nH]n1. The zero-order valence-electron chi connectivity index (χ0n) is 24.7. The van der Waals surface area contributed by atoms with Crippen molar-refractivity contribution in [3.8, 4) is 0 Å². The Bertz CT molecular complexity index is 1070. The molecule has 40 heavy (non-hydrogen) atoms. The maximum absolute atomic E-state index is 12.8. The first-order valence-electron chi connectivity index (χ1n) is 14.0. The van der Waals surface area contributed by atoms with E-state index < -0.39 is 23.3 Å². The number of rotatable bonds is 12. The maximum Gasteiger partial charge on any atom is 0.338 e. The van der Waals surface area contributed by atoms with Gasteiger partial charge in [0.1, 0.15) is 0 Å². The van der Waals surface area contributed by atoms with Crippen LogP contribution in [-0.2, 0) is 19.0 Å². The second-order valence-corrected chi connectivity index (χ2v) is 10.9. The largest absolute Gasteiger partial charge is 0.465 e. The monoisotopic (exact) mass is 555 g/mol. The minimum Gasteiger partial charge on any atom is -0.465 e. The Kier molecular flexibility index (Phi) is 13.2. The lowest BCUT2D eigenvalue weighted by Crippen LogP contribution is -2.51. The van der Waals surface area contributed by atoms with Gasteiger partial charge in [0, 0.05) is 13.5 Å². The first-order valence-corrected chi connectivity index (χ1v) is 14.0. The molecule has 9 heteroatoms. The van der Waals surface area contributed by atoms with Crippen molar-refractivity contribution in [2.24, 2.45) is 11.3 Å². The minimum absolute atomic E-state index is 0.203. The quantitative estimate of drug-likeness (QED) is 0.249. The number of hydrogen-bond donors (Lipinski definition) is 2. The van der Waals surface area contributed by atoms with E-state index in [1.807, 2.05) is 32.9 Å². The summed E-state index contributed by atoms with van der Waals surface area (Å²) in [7, 11) is 1.39. The smallest absolute Gasteiger partial charge is 0.338 e. The van der Waals surface area contributed by atoms with Gasteiger partial charge in [0.15, 0.2) is 6.10 Å². The highest BCUT2D eigenvalue weighted by molar-refractivity contribution is 5.89. The number of nitrogens with zero attached hydrogens (tertiary/aromatic N) is 2. The fourth-order valence-corrected chi connectivity index (χ4v) is 4.40. The molecule has 0 bridgehead atoms. The van der Waals surface area contributed by atoms with E-state index in [-0.39, 0.29) is 12.4 Å². The number of carbonyl (C=O) groups excluding carboxylic acids is 2. The van der Waals surface area contributed by atoms with Gasteiger partial charge in [-0.3, -0.25) is 4.79 Å². The molecule has 0 aliphatic heterocycles. The van der Waals surface area contributed by atoms with Gasteiger partial charge in [-0.1, -0.05) is 78.2 Å². The van der Waals surface area contributed by atoms with Crippen LogP contribution in [0.25, 0.3) is 0 Å². The summed E-state index contributed by atoms with van der Waals surface area (Å²) in [6.07, 6.45) is 10.5. The molecule has 2 N–H and O–H groups in total. The van der Waals surface area contributed by atoms with Crippen molar-refractivity contribution in [3.63, 3.8) is 0 Å². The highest BCUT2D eigenvalue weighted by Crippen LogP contribution is 2.42. The number of allylic oxidation sites excluding steroid dienone is 2. The molecular weight excluding hydrogens is 510 g/mol. The number of benzene rings is 1. The molecular formula is C31H45N3O6. The third-order valence-corrected chi connectivity index (χ3v) is 6.80. The average molecular weight is 556 g/mol. The topological polar surface area (TPSA) is 124 Å². The molecule has 0 amide bonds. The van der Waals surface area contributed by atoms with Crippen LogP contribution in [0.3, 0.4) is 0 Å². The summed E-state index contributed by atoms with van der Waals surface area (Å²) in [5.41, 5.74) is 1.27. The molecule has 9 nitrogen and oxygen atoms in total. The van der Waals surface area contributed by atoms with E-state index in [2.05, 4.69) is 29.3 Å². The molecule has 2 aromatic rings. The van der Waals surface area contributed by atoms with E-state index in [0.29, 0.717) is 30.1 Å². The third kappa shape index (κ3) is 10.0. The molecule has 0 saturated heterocycles. The van der Waals surface area contributed by atoms with E-state index in [1.165, 1.54) is 7.11 Å². The summed E-state index contributed by atoms with van der Waals surface area (Å²) in [5.74, 6) is -2.25. The number of nitrogens with one attached hydrogen (secondary N) is 1. The van der Waals surface area contributed by atoms with Crippen molar-refractivity contribution in [1.82, 2.24) is 15.4 Å². The van der Waals surface area contributed by atoms with Gasteiger partial charge in [0.05, 0.1) is 24.6 Å². The van der Waals surface area contributed by atoms with E-state index in [9.17, 15) is 14.7 Å². The highest BCUT2D eigenvalue weighted by Gasteiger charge is 2.48. The number of unbranched alkanes of at least 4 members (excludes halogenated alkanes) is 1. The Hall–Kier alpha value is -3.30. The predicted molar refractivity (Wildman–Crippen MR) is 153 cm³/mol. The van der Waals surface area contributed by atoms with Crippen LogP contribution in [0, 0.1) is 11.3 Å². The van der Waals surface area contributed by atoms with Crippen LogP contribution < -0.4 is 0 Å². The number of carbonyl (C=O) groups is 2. The lowest BCUT2D eigenvalue weighted by molar-refractivity contribution is -0.211. The summed E-state index contributed by atoms with van der Waals surface area (Å²) in [6.45, 7) is 10.6. The fraction of sp³-hybridized carbons (Fsp3) is 0.548. The van der Waals surface area contributed by atoms with Crippen LogP contribution in [0.15, 0.2) is 66.0 Å². The molecule has 1 aliphatic rings. The molecule has 3 atom stereocenters. The normalized spacial score (nSPS) is 19.4. The molecule has 1 aromatic heterocycles. The molecule has 1 aliphatic carbocycles.